The third-order valence-corrected chi connectivity index (χ3v) is 5.24. The number of amides is 1. The van der Waals surface area contributed by atoms with Crippen LogP contribution in [0.15, 0.2) is 35.3 Å². The van der Waals surface area contributed by atoms with E-state index in [1.165, 1.54) is 11.1 Å². The van der Waals surface area contributed by atoms with Crippen molar-refractivity contribution in [1.82, 2.24) is 25.3 Å². The van der Waals surface area contributed by atoms with Gasteiger partial charge in [0.2, 0.25) is 0 Å². The molecule has 168 valence electrons. The molecule has 0 aliphatic carbocycles. The largest absolute Gasteiger partial charge is 0.444 e. The fourth-order valence-electron chi connectivity index (χ4n) is 3.51. The molecule has 8 heteroatoms. The standard InChI is InChI=1S/C23H34N6O2/c1-16-20(17(2)29(27-16)13-18-10-8-7-9-11-18)12-25-21(24-6)26-19-14-28(15-19)22(30)31-23(3,4)5/h7-11,19H,12-15H2,1-6H3,(H2,24,25,26). The predicted molar refractivity (Wildman–Crippen MR) is 122 cm³/mol. The van der Waals surface area contributed by atoms with Gasteiger partial charge in [0, 0.05) is 37.9 Å². The van der Waals surface area contributed by atoms with Crippen LogP contribution in [0.4, 0.5) is 4.79 Å². The van der Waals surface area contributed by atoms with Crippen LogP contribution in [0.5, 0.6) is 0 Å². The Morgan fingerprint density at radius 2 is 1.90 bits per heavy atom. The summed E-state index contributed by atoms with van der Waals surface area (Å²) in [5.74, 6) is 0.712. The third kappa shape index (κ3) is 5.99. The van der Waals surface area contributed by atoms with Crippen LogP contribution in [-0.4, -0.2) is 58.5 Å². The van der Waals surface area contributed by atoms with Crippen molar-refractivity contribution in [3.05, 3.63) is 52.8 Å². The number of aliphatic imine (C=N–C) groups is 1. The molecule has 0 spiro atoms. The molecule has 0 radical (unpaired) electrons. The lowest BCUT2D eigenvalue weighted by Gasteiger charge is -2.40. The number of guanidine groups is 1. The Balaban J connectivity index is 1.51. The fraction of sp³-hybridized carbons (Fsp3) is 0.522. The highest BCUT2D eigenvalue weighted by atomic mass is 16.6. The van der Waals surface area contributed by atoms with E-state index in [9.17, 15) is 4.79 Å². The van der Waals surface area contributed by atoms with Gasteiger partial charge in [-0.1, -0.05) is 30.3 Å². The second-order valence-electron chi connectivity index (χ2n) is 8.94. The highest BCUT2D eigenvalue weighted by molar-refractivity contribution is 5.80. The Kier molecular flexibility index (Phi) is 6.87. The summed E-state index contributed by atoms with van der Waals surface area (Å²) < 4.78 is 7.45. The van der Waals surface area contributed by atoms with Crippen LogP contribution in [0.25, 0.3) is 0 Å². The maximum Gasteiger partial charge on any atom is 0.410 e. The number of ether oxygens (including phenoxy) is 1. The molecule has 0 saturated carbocycles. The number of benzene rings is 1. The highest BCUT2D eigenvalue weighted by Crippen LogP contribution is 2.16. The second-order valence-corrected chi connectivity index (χ2v) is 8.94. The number of hydrogen-bond donors (Lipinski definition) is 2. The van der Waals surface area contributed by atoms with E-state index in [-0.39, 0.29) is 12.1 Å². The van der Waals surface area contributed by atoms with Gasteiger partial charge in [-0.25, -0.2) is 4.79 Å². The summed E-state index contributed by atoms with van der Waals surface area (Å²) >= 11 is 0. The predicted octanol–water partition coefficient (Wildman–Crippen LogP) is 2.83. The molecule has 0 unspecified atom stereocenters. The first-order valence-corrected chi connectivity index (χ1v) is 10.7. The molecule has 1 saturated heterocycles. The maximum absolute atomic E-state index is 12.1. The van der Waals surface area contributed by atoms with E-state index in [2.05, 4.69) is 34.7 Å². The molecule has 1 aromatic heterocycles. The van der Waals surface area contributed by atoms with Crippen LogP contribution in [0, 0.1) is 13.8 Å². The molecule has 1 aliphatic rings. The minimum atomic E-state index is -0.478. The minimum Gasteiger partial charge on any atom is -0.444 e. The molecule has 2 heterocycles. The summed E-state index contributed by atoms with van der Waals surface area (Å²) in [7, 11) is 1.75. The third-order valence-electron chi connectivity index (χ3n) is 5.24. The van der Waals surface area contributed by atoms with Crippen molar-refractivity contribution in [2.24, 2.45) is 4.99 Å². The zero-order valence-electron chi connectivity index (χ0n) is 19.4. The van der Waals surface area contributed by atoms with Crippen molar-refractivity contribution in [3.63, 3.8) is 0 Å². The number of hydrogen-bond acceptors (Lipinski definition) is 4. The lowest BCUT2D eigenvalue weighted by atomic mass is 10.1. The molecule has 1 aromatic carbocycles. The Morgan fingerprint density at radius 1 is 1.23 bits per heavy atom. The summed E-state index contributed by atoms with van der Waals surface area (Å²) in [5, 5.41) is 11.5. The summed E-state index contributed by atoms with van der Waals surface area (Å²) in [6.45, 7) is 12.3. The quantitative estimate of drug-likeness (QED) is 0.567. The van der Waals surface area contributed by atoms with E-state index < -0.39 is 5.60 Å². The number of rotatable bonds is 5. The van der Waals surface area contributed by atoms with Gasteiger partial charge in [0.1, 0.15) is 5.60 Å². The van der Waals surface area contributed by atoms with Crippen molar-refractivity contribution in [2.45, 2.75) is 59.4 Å². The normalized spacial score (nSPS) is 14.9. The molecule has 8 nitrogen and oxygen atoms in total. The van der Waals surface area contributed by atoms with E-state index in [1.54, 1.807) is 11.9 Å². The Hall–Kier alpha value is -3.03. The van der Waals surface area contributed by atoms with Gasteiger partial charge in [-0.3, -0.25) is 9.67 Å². The van der Waals surface area contributed by atoms with Crippen LogP contribution >= 0.6 is 0 Å². The Morgan fingerprint density at radius 3 is 2.52 bits per heavy atom. The second kappa shape index (κ2) is 9.41. The molecule has 3 rings (SSSR count). The highest BCUT2D eigenvalue weighted by Gasteiger charge is 2.34. The van der Waals surface area contributed by atoms with Crippen molar-refractivity contribution in [3.8, 4) is 0 Å². The summed E-state index contributed by atoms with van der Waals surface area (Å²) in [6.07, 6.45) is -0.273. The molecule has 31 heavy (non-hydrogen) atoms. The van der Waals surface area contributed by atoms with Crippen molar-refractivity contribution >= 4 is 12.1 Å². The van der Waals surface area contributed by atoms with Gasteiger partial charge in [-0.15, -0.1) is 0 Å². The maximum atomic E-state index is 12.1. The van der Waals surface area contributed by atoms with Crippen LogP contribution in [-0.2, 0) is 17.8 Å². The van der Waals surface area contributed by atoms with Gasteiger partial charge in [-0.2, -0.15) is 5.10 Å². The first kappa shape index (κ1) is 22.7. The molecule has 0 bridgehead atoms. The molecule has 1 fully saturated rings. The molecular weight excluding hydrogens is 392 g/mol. The molecule has 2 aromatic rings. The molecule has 0 atom stereocenters. The first-order chi connectivity index (χ1) is 14.7. The van der Waals surface area contributed by atoms with Crippen molar-refractivity contribution < 1.29 is 9.53 Å². The first-order valence-electron chi connectivity index (χ1n) is 10.7. The monoisotopic (exact) mass is 426 g/mol. The average Bonchev–Trinajstić information content (AvgIpc) is 2.92. The summed E-state index contributed by atoms with van der Waals surface area (Å²) in [5.41, 5.74) is 4.07. The number of nitrogens with one attached hydrogen (secondary N) is 2. The molecule has 2 N–H and O–H groups in total. The van der Waals surface area contributed by atoms with Crippen molar-refractivity contribution in [1.29, 1.82) is 0 Å². The molecule has 1 aliphatic heterocycles. The van der Waals surface area contributed by atoms with Gasteiger partial charge < -0.3 is 20.3 Å². The van der Waals surface area contributed by atoms with E-state index in [4.69, 9.17) is 9.84 Å². The van der Waals surface area contributed by atoms with Gasteiger partial charge in [-0.05, 0) is 40.2 Å². The topological polar surface area (TPSA) is 83.8 Å². The number of carbonyl (C=O) groups is 1. The lowest BCUT2D eigenvalue weighted by Crippen LogP contribution is -2.63. The van der Waals surface area contributed by atoms with Crippen LogP contribution < -0.4 is 10.6 Å². The van der Waals surface area contributed by atoms with Gasteiger partial charge in [0.05, 0.1) is 18.3 Å². The SMILES string of the molecule is CN=C(NCc1c(C)nn(Cc2ccccc2)c1C)NC1CN(C(=O)OC(C)(C)C)C1. The van der Waals surface area contributed by atoms with Crippen LogP contribution in [0.3, 0.4) is 0 Å². The van der Waals surface area contributed by atoms with Crippen LogP contribution in [0.2, 0.25) is 0 Å². The van der Waals surface area contributed by atoms with Gasteiger partial charge in [0.15, 0.2) is 5.96 Å². The number of aromatic nitrogens is 2. The zero-order chi connectivity index (χ0) is 22.6. The molecular formula is C23H34N6O2. The number of carbonyl (C=O) groups excluding carboxylic acids is 1. The lowest BCUT2D eigenvalue weighted by molar-refractivity contribution is 0.00701. The molecule has 1 amide bonds. The summed E-state index contributed by atoms with van der Waals surface area (Å²) in [6, 6.07) is 10.5. The minimum absolute atomic E-state index is 0.154. The smallest absolute Gasteiger partial charge is 0.410 e. The van der Waals surface area contributed by atoms with Gasteiger partial charge >= 0.3 is 6.09 Å². The van der Waals surface area contributed by atoms with E-state index in [0.717, 1.165) is 17.9 Å². The average molecular weight is 427 g/mol. The van der Waals surface area contributed by atoms with Gasteiger partial charge in [0.25, 0.3) is 0 Å². The summed E-state index contributed by atoms with van der Waals surface area (Å²) in [4.78, 5) is 18.1. The number of nitrogens with zero attached hydrogens (tertiary/aromatic N) is 4. The Bertz CT molecular complexity index is 924. The zero-order valence-corrected chi connectivity index (χ0v) is 19.4. The van der Waals surface area contributed by atoms with Crippen LogP contribution in [0.1, 0.15) is 43.3 Å². The van der Waals surface area contributed by atoms with E-state index in [0.29, 0.717) is 25.6 Å². The number of likely N-dealkylation sites (tertiary alicyclic amines) is 1. The van der Waals surface area contributed by atoms with Crippen molar-refractivity contribution in [2.75, 3.05) is 20.1 Å². The Labute approximate surface area is 184 Å². The number of aryl methyl sites for hydroxylation is 1. The fourth-order valence-corrected chi connectivity index (χ4v) is 3.51. The van der Waals surface area contributed by atoms with E-state index in [1.807, 2.05) is 50.6 Å². The van der Waals surface area contributed by atoms with E-state index >= 15 is 0 Å².